The average Bonchev–Trinajstić information content (AvgIpc) is 2.88. The second kappa shape index (κ2) is 7.46. The molecule has 3 nitrogen and oxygen atoms in total. The quantitative estimate of drug-likeness (QED) is 0.780. The summed E-state index contributed by atoms with van der Waals surface area (Å²) in [6.07, 6.45) is 8.36. The third-order valence-electron chi connectivity index (χ3n) is 4.76. The monoisotopic (exact) mass is 253 g/mol. The number of hydrogen-bond donors (Lipinski definition) is 1. The Hall–Kier alpha value is -0.120. The minimum Gasteiger partial charge on any atom is -0.317 e. The Labute approximate surface area is 113 Å². The predicted octanol–water partition coefficient (Wildman–Crippen LogP) is 1.93. The lowest BCUT2D eigenvalue weighted by Gasteiger charge is -2.32. The highest BCUT2D eigenvalue weighted by atomic mass is 15.3. The maximum absolute atomic E-state index is 3.32. The minimum absolute atomic E-state index is 0.672. The molecule has 0 spiro atoms. The first-order valence-electron chi connectivity index (χ1n) is 7.93. The van der Waals surface area contributed by atoms with Crippen LogP contribution in [0.3, 0.4) is 0 Å². The molecule has 0 aromatic carbocycles. The van der Waals surface area contributed by atoms with E-state index in [1.165, 1.54) is 71.2 Å². The molecule has 0 bridgehead atoms. The molecule has 18 heavy (non-hydrogen) atoms. The van der Waals surface area contributed by atoms with E-state index in [9.17, 15) is 0 Å². The van der Waals surface area contributed by atoms with Gasteiger partial charge in [-0.1, -0.05) is 6.42 Å². The Morgan fingerprint density at radius 1 is 1.17 bits per heavy atom. The fourth-order valence-electron chi connectivity index (χ4n) is 3.36. The van der Waals surface area contributed by atoms with E-state index in [0.29, 0.717) is 6.04 Å². The lowest BCUT2D eigenvalue weighted by Crippen LogP contribution is -2.41. The Morgan fingerprint density at radius 2 is 1.94 bits per heavy atom. The van der Waals surface area contributed by atoms with E-state index in [2.05, 4.69) is 29.1 Å². The van der Waals surface area contributed by atoms with Crippen molar-refractivity contribution in [1.82, 2.24) is 15.1 Å². The van der Waals surface area contributed by atoms with E-state index in [1.54, 1.807) is 0 Å². The van der Waals surface area contributed by atoms with Crippen molar-refractivity contribution >= 4 is 0 Å². The zero-order valence-corrected chi connectivity index (χ0v) is 12.3. The largest absolute Gasteiger partial charge is 0.317 e. The van der Waals surface area contributed by atoms with Gasteiger partial charge in [-0.15, -0.1) is 0 Å². The van der Waals surface area contributed by atoms with Crippen LogP contribution >= 0.6 is 0 Å². The maximum atomic E-state index is 3.32. The van der Waals surface area contributed by atoms with Crippen LogP contribution in [-0.4, -0.2) is 61.7 Å². The number of likely N-dealkylation sites (tertiary alicyclic amines) is 2. The van der Waals surface area contributed by atoms with Crippen LogP contribution in [0, 0.1) is 0 Å². The standard InChI is InChI=1S/C15H31N3/c1-14(16-2)7-6-9-17-12-8-15(13-17)18-10-4-3-5-11-18/h14-16H,3-13H2,1-2H3. The molecule has 106 valence electrons. The van der Waals surface area contributed by atoms with Crippen molar-refractivity contribution in [3.8, 4) is 0 Å². The number of piperidine rings is 1. The van der Waals surface area contributed by atoms with E-state index in [4.69, 9.17) is 0 Å². The molecule has 2 saturated heterocycles. The van der Waals surface area contributed by atoms with Crippen molar-refractivity contribution in [3.63, 3.8) is 0 Å². The summed E-state index contributed by atoms with van der Waals surface area (Å²) in [6.45, 7) is 8.95. The lowest BCUT2D eigenvalue weighted by atomic mass is 10.1. The Balaban J connectivity index is 1.62. The van der Waals surface area contributed by atoms with Crippen molar-refractivity contribution in [3.05, 3.63) is 0 Å². The van der Waals surface area contributed by atoms with E-state index < -0.39 is 0 Å². The Kier molecular flexibility index (Phi) is 5.93. The Bertz CT molecular complexity index is 226. The highest BCUT2D eigenvalue weighted by Gasteiger charge is 2.27. The molecule has 2 fully saturated rings. The average molecular weight is 253 g/mol. The molecular weight excluding hydrogens is 222 g/mol. The van der Waals surface area contributed by atoms with Crippen LogP contribution in [0.2, 0.25) is 0 Å². The van der Waals surface area contributed by atoms with Gasteiger partial charge in [0.1, 0.15) is 0 Å². The molecule has 2 aliphatic rings. The zero-order chi connectivity index (χ0) is 12.8. The third kappa shape index (κ3) is 4.22. The highest BCUT2D eigenvalue weighted by Crippen LogP contribution is 2.20. The van der Waals surface area contributed by atoms with Crippen LogP contribution in [-0.2, 0) is 0 Å². The van der Waals surface area contributed by atoms with Crippen LogP contribution in [0.25, 0.3) is 0 Å². The molecule has 0 aromatic heterocycles. The summed E-state index contributed by atoms with van der Waals surface area (Å²) in [6, 6.07) is 1.54. The zero-order valence-electron chi connectivity index (χ0n) is 12.3. The molecule has 0 radical (unpaired) electrons. The lowest BCUT2D eigenvalue weighted by molar-refractivity contribution is 0.161. The van der Waals surface area contributed by atoms with Crippen molar-refractivity contribution in [2.75, 3.05) is 39.8 Å². The molecule has 2 rings (SSSR count). The summed E-state index contributed by atoms with van der Waals surface area (Å²) < 4.78 is 0. The molecule has 0 amide bonds. The fourth-order valence-corrected chi connectivity index (χ4v) is 3.36. The minimum atomic E-state index is 0.672. The van der Waals surface area contributed by atoms with Gasteiger partial charge in [0.2, 0.25) is 0 Å². The van der Waals surface area contributed by atoms with Crippen LogP contribution in [0.4, 0.5) is 0 Å². The first-order chi connectivity index (χ1) is 8.79. The molecule has 2 unspecified atom stereocenters. The van der Waals surface area contributed by atoms with Gasteiger partial charge in [0.15, 0.2) is 0 Å². The SMILES string of the molecule is CNC(C)CCCN1CCC(N2CCCCC2)C1. The van der Waals surface area contributed by atoms with E-state index >= 15 is 0 Å². The predicted molar refractivity (Wildman–Crippen MR) is 78.0 cm³/mol. The second-order valence-electron chi connectivity index (χ2n) is 6.17. The van der Waals surface area contributed by atoms with Crippen LogP contribution in [0.1, 0.15) is 45.4 Å². The molecule has 3 heteroatoms. The third-order valence-corrected chi connectivity index (χ3v) is 4.76. The summed E-state index contributed by atoms with van der Waals surface area (Å²) in [5, 5.41) is 3.32. The van der Waals surface area contributed by atoms with Crippen molar-refractivity contribution < 1.29 is 0 Å². The molecule has 2 aliphatic heterocycles. The number of nitrogens with one attached hydrogen (secondary N) is 1. The number of hydrogen-bond acceptors (Lipinski definition) is 3. The van der Waals surface area contributed by atoms with Crippen molar-refractivity contribution in [2.24, 2.45) is 0 Å². The summed E-state index contributed by atoms with van der Waals surface area (Å²) in [5.41, 5.74) is 0. The summed E-state index contributed by atoms with van der Waals surface area (Å²) in [5.74, 6) is 0. The number of nitrogens with zero attached hydrogens (tertiary/aromatic N) is 2. The van der Waals surface area contributed by atoms with Gasteiger partial charge in [0, 0.05) is 18.6 Å². The second-order valence-corrected chi connectivity index (χ2v) is 6.17. The molecule has 0 saturated carbocycles. The van der Waals surface area contributed by atoms with E-state index in [-0.39, 0.29) is 0 Å². The van der Waals surface area contributed by atoms with Gasteiger partial charge in [-0.25, -0.2) is 0 Å². The molecule has 0 aromatic rings. The van der Waals surface area contributed by atoms with Gasteiger partial charge >= 0.3 is 0 Å². The molecule has 2 heterocycles. The summed E-state index contributed by atoms with van der Waals surface area (Å²) >= 11 is 0. The maximum Gasteiger partial charge on any atom is 0.0235 e. The van der Waals surface area contributed by atoms with Crippen LogP contribution in [0.5, 0.6) is 0 Å². The molecule has 0 aliphatic carbocycles. The van der Waals surface area contributed by atoms with Gasteiger partial charge in [0.25, 0.3) is 0 Å². The van der Waals surface area contributed by atoms with Gasteiger partial charge in [-0.05, 0) is 72.3 Å². The van der Waals surface area contributed by atoms with Gasteiger partial charge < -0.3 is 10.2 Å². The van der Waals surface area contributed by atoms with Crippen LogP contribution < -0.4 is 5.32 Å². The van der Waals surface area contributed by atoms with Gasteiger partial charge in [-0.3, -0.25) is 4.90 Å². The first-order valence-corrected chi connectivity index (χ1v) is 7.93. The summed E-state index contributed by atoms with van der Waals surface area (Å²) in [4.78, 5) is 5.43. The smallest absolute Gasteiger partial charge is 0.0235 e. The van der Waals surface area contributed by atoms with E-state index in [1.807, 2.05) is 0 Å². The van der Waals surface area contributed by atoms with Crippen molar-refractivity contribution in [1.29, 1.82) is 0 Å². The van der Waals surface area contributed by atoms with Crippen molar-refractivity contribution in [2.45, 2.75) is 57.5 Å². The van der Waals surface area contributed by atoms with E-state index in [0.717, 1.165) is 6.04 Å². The Morgan fingerprint density at radius 3 is 2.67 bits per heavy atom. The fraction of sp³-hybridized carbons (Fsp3) is 1.00. The normalized spacial score (nSPS) is 28.7. The molecular formula is C15H31N3. The first kappa shape index (κ1) is 14.3. The van der Waals surface area contributed by atoms with Crippen LogP contribution in [0.15, 0.2) is 0 Å². The number of rotatable bonds is 6. The highest BCUT2D eigenvalue weighted by molar-refractivity contribution is 4.84. The summed E-state index contributed by atoms with van der Waals surface area (Å²) in [7, 11) is 2.06. The molecule has 1 N–H and O–H groups in total. The van der Waals surface area contributed by atoms with Gasteiger partial charge in [-0.2, -0.15) is 0 Å². The van der Waals surface area contributed by atoms with Gasteiger partial charge in [0.05, 0.1) is 0 Å². The molecule has 2 atom stereocenters. The topological polar surface area (TPSA) is 18.5 Å².